The van der Waals surface area contributed by atoms with Gasteiger partial charge in [-0.1, -0.05) is 11.6 Å². The highest BCUT2D eigenvalue weighted by Crippen LogP contribution is 2.25. The van der Waals surface area contributed by atoms with Crippen molar-refractivity contribution in [3.63, 3.8) is 0 Å². The average Bonchev–Trinajstić information content (AvgIpc) is 2.83. The predicted octanol–water partition coefficient (Wildman–Crippen LogP) is 3.19. The van der Waals surface area contributed by atoms with Crippen LogP contribution in [0.25, 0.3) is 10.9 Å². The van der Waals surface area contributed by atoms with E-state index >= 15 is 0 Å². The number of hydrogen-bond acceptors (Lipinski definition) is 3. The minimum Gasteiger partial charge on any atom is -0.508 e. The molecule has 0 amide bonds. The molecule has 1 aromatic heterocycles. The molecule has 3 nitrogen and oxygen atoms in total. The first-order chi connectivity index (χ1) is 8.72. The third-order valence-electron chi connectivity index (χ3n) is 3.42. The summed E-state index contributed by atoms with van der Waals surface area (Å²) in [4.78, 5) is 6.77. The summed E-state index contributed by atoms with van der Waals surface area (Å²) in [7, 11) is 0. The molecule has 1 aliphatic heterocycles. The maximum atomic E-state index is 9.50. The van der Waals surface area contributed by atoms with Crippen LogP contribution in [0.2, 0.25) is 5.15 Å². The van der Waals surface area contributed by atoms with Crippen LogP contribution in [0.4, 0.5) is 0 Å². The molecule has 2 aromatic rings. The summed E-state index contributed by atoms with van der Waals surface area (Å²) in [6, 6.07) is 7.18. The molecular weight excluding hydrogens is 248 g/mol. The van der Waals surface area contributed by atoms with Gasteiger partial charge in [-0.05, 0) is 50.2 Å². The fourth-order valence-electron chi connectivity index (χ4n) is 2.48. The minimum atomic E-state index is 0.263. The van der Waals surface area contributed by atoms with Crippen LogP contribution in [0.1, 0.15) is 18.4 Å². The average molecular weight is 263 g/mol. The number of hydrogen-bond donors (Lipinski definition) is 1. The van der Waals surface area contributed by atoms with E-state index in [1.807, 2.05) is 6.07 Å². The lowest BCUT2D eigenvalue weighted by atomic mass is 10.1. The summed E-state index contributed by atoms with van der Waals surface area (Å²) in [5.41, 5.74) is 1.86. The summed E-state index contributed by atoms with van der Waals surface area (Å²) in [5, 5.41) is 11.0. The Labute approximate surface area is 111 Å². The lowest BCUT2D eigenvalue weighted by Gasteiger charge is -2.15. The van der Waals surface area contributed by atoms with Gasteiger partial charge in [-0.2, -0.15) is 0 Å². The van der Waals surface area contributed by atoms with E-state index in [9.17, 15) is 5.11 Å². The number of aromatic hydroxyl groups is 1. The molecule has 2 heterocycles. The van der Waals surface area contributed by atoms with Gasteiger partial charge in [-0.15, -0.1) is 0 Å². The van der Waals surface area contributed by atoms with Gasteiger partial charge in [0.15, 0.2) is 0 Å². The highest BCUT2D eigenvalue weighted by molar-refractivity contribution is 6.30. The Bertz CT molecular complexity index is 579. The van der Waals surface area contributed by atoms with Crippen molar-refractivity contribution in [2.45, 2.75) is 19.4 Å². The van der Waals surface area contributed by atoms with Gasteiger partial charge in [-0.3, -0.25) is 4.90 Å². The Morgan fingerprint density at radius 2 is 2.00 bits per heavy atom. The van der Waals surface area contributed by atoms with Crippen LogP contribution in [0.15, 0.2) is 24.3 Å². The quantitative estimate of drug-likeness (QED) is 0.845. The third kappa shape index (κ3) is 2.28. The van der Waals surface area contributed by atoms with E-state index < -0.39 is 0 Å². The molecule has 0 unspecified atom stereocenters. The molecule has 1 fully saturated rings. The van der Waals surface area contributed by atoms with Crippen molar-refractivity contribution in [2.75, 3.05) is 13.1 Å². The summed E-state index contributed by atoms with van der Waals surface area (Å²) in [5.74, 6) is 0.263. The number of halogens is 1. The second-order valence-electron chi connectivity index (χ2n) is 4.80. The standard InChI is InChI=1S/C14H15ClN2O/c15-14-11(9-17-5-1-2-6-17)7-10-8-12(18)3-4-13(10)16-14/h3-4,7-8,18H,1-2,5-6,9H2. The lowest BCUT2D eigenvalue weighted by molar-refractivity contribution is 0.331. The van der Waals surface area contributed by atoms with Gasteiger partial charge < -0.3 is 5.11 Å². The molecule has 1 aliphatic rings. The van der Waals surface area contributed by atoms with Crippen LogP contribution < -0.4 is 0 Å². The van der Waals surface area contributed by atoms with Crippen molar-refractivity contribution in [2.24, 2.45) is 0 Å². The summed E-state index contributed by atoms with van der Waals surface area (Å²) >= 11 is 6.22. The second-order valence-corrected chi connectivity index (χ2v) is 5.16. The van der Waals surface area contributed by atoms with Gasteiger partial charge >= 0.3 is 0 Å². The largest absolute Gasteiger partial charge is 0.508 e. The number of nitrogens with zero attached hydrogens (tertiary/aromatic N) is 2. The first-order valence-electron chi connectivity index (χ1n) is 6.23. The molecule has 94 valence electrons. The first kappa shape index (κ1) is 11.8. The van der Waals surface area contributed by atoms with Crippen LogP contribution in [0.3, 0.4) is 0 Å². The monoisotopic (exact) mass is 262 g/mol. The SMILES string of the molecule is Oc1ccc2nc(Cl)c(CN3CCCC3)cc2c1. The molecule has 0 saturated carbocycles. The van der Waals surface area contributed by atoms with Crippen LogP contribution >= 0.6 is 11.6 Å². The van der Waals surface area contributed by atoms with Crippen molar-refractivity contribution >= 4 is 22.5 Å². The molecule has 0 aliphatic carbocycles. The Morgan fingerprint density at radius 3 is 2.78 bits per heavy atom. The Balaban J connectivity index is 1.97. The van der Waals surface area contributed by atoms with Gasteiger partial charge in [0.2, 0.25) is 0 Å². The number of benzene rings is 1. The Morgan fingerprint density at radius 1 is 1.22 bits per heavy atom. The Hall–Kier alpha value is -1.32. The van der Waals surface area contributed by atoms with Gasteiger partial charge in [-0.25, -0.2) is 4.98 Å². The summed E-state index contributed by atoms with van der Waals surface area (Å²) in [6.07, 6.45) is 2.53. The fraction of sp³-hybridized carbons (Fsp3) is 0.357. The number of phenols is 1. The highest BCUT2D eigenvalue weighted by atomic mass is 35.5. The zero-order chi connectivity index (χ0) is 12.5. The van der Waals surface area contributed by atoms with E-state index in [-0.39, 0.29) is 5.75 Å². The molecule has 0 radical (unpaired) electrons. The van der Waals surface area contributed by atoms with Crippen molar-refractivity contribution in [3.05, 3.63) is 35.0 Å². The molecule has 1 aromatic carbocycles. The van der Waals surface area contributed by atoms with Crippen LogP contribution in [-0.2, 0) is 6.54 Å². The molecular formula is C14H15ClN2O. The fourth-order valence-corrected chi connectivity index (χ4v) is 2.68. The lowest BCUT2D eigenvalue weighted by Crippen LogP contribution is -2.18. The predicted molar refractivity (Wildman–Crippen MR) is 72.9 cm³/mol. The van der Waals surface area contributed by atoms with E-state index in [1.165, 1.54) is 12.8 Å². The Kier molecular flexibility index (Phi) is 3.10. The first-order valence-corrected chi connectivity index (χ1v) is 6.61. The van der Waals surface area contributed by atoms with E-state index in [1.54, 1.807) is 18.2 Å². The van der Waals surface area contributed by atoms with E-state index in [0.717, 1.165) is 36.1 Å². The van der Waals surface area contributed by atoms with E-state index in [0.29, 0.717) is 5.15 Å². The van der Waals surface area contributed by atoms with Crippen LogP contribution in [0.5, 0.6) is 5.75 Å². The zero-order valence-corrected chi connectivity index (χ0v) is 10.8. The maximum absolute atomic E-state index is 9.50. The van der Waals surface area contributed by atoms with Crippen molar-refractivity contribution in [3.8, 4) is 5.75 Å². The van der Waals surface area contributed by atoms with Gasteiger partial charge in [0.1, 0.15) is 10.9 Å². The molecule has 1 saturated heterocycles. The molecule has 18 heavy (non-hydrogen) atoms. The minimum absolute atomic E-state index is 0.263. The molecule has 1 N–H and O–H groups in total. The highest BCUT2D eigenvalue weighted by Gasteiger charge is 2.14. The number of phenolic OH excluding ortho intramolecular Hbond substituents is 1. The molecule has 3 rings (SSSR count). The number of aromatic nitrogens is 1. The van der Waals surface area contributed by atoms with Crippen molar-refractivity contribution in [1.82, 2.24) is 9.88 Å². The van der Waals surface area contributed by atoms with Crippen molar-refractivity contribution < 1.29 is 5.11 Å². The summed E-state index contributed by atoms with van der Waals surface area (Å²) in [6.45, 7) is 3.11. The molecule has 0 bridgehead atoms. The summed E-state index contributed by atoms with van der Waals surface area (Å²) < 4.78 is 0. The van der Waals surface area contributed by atoms with E-state index in [2.05, 4.69) is 9.88 Å². The number of pyridine rings is 1. The van der Waals surface area contributed by atoms with Crippen LogP contribution in [-0.4, -0.2) is 28.1 Å². The maximum Gasteiger partial charge on any atom is 0.134 e. The third-order valence-corrected chi connectivity index (χ3v) is 3.74. The topological polar surface area (TPSA) is 36.4 Å². The van der Waals surface area contributed by atoms with E-state index in [4.69, 9.17) is 11.6 Å². The van der Waals surface area contributed by atoms with Gasteiger partial charge in [0.25, 0.3) is 0 Å². The smallest absolute Gasteiger partial charge is 0.134 e. The zero-order valence-electron chi connectivity index (χ0n) is 10.1. The number of fused-ring (bicyclic) bond motifs is 1. The molecule has 0 atom stereocenters. The molecule has 4 heteroatoms. The number of likely N-dealkylation sites (tertiary alicyclic amines) is 1. The van der Waals surface area contributed by atoms with Gasteiger partial charge in [0.05, 0.1) is 5.52 Å². The van der Waals surface area contributed by atoms with Crippen molar-refractivity contribution in [1.29, 1.82) is 0 Å². The van der Waals surface area contributed by atoms with Gasteiger partial charge in [0, 0.05) is 17.5 Å². The van der Waals surface area contributed by atoms with Crippen LogP contribution in [0, 0.1) is 0 Å². The normalized spacial score (nSPS) is 16.5. The second kappa shape index (κ2) is 4.75. The number of rotatable bonds is 2. The molecule has 0 spiro atoms.